The van der Waals surface area contributed by atoms with Crippen molar-refractivity contribution in [3.8, 4) is 11.1 Å². The summed E-state index contributed by atoms with van der Waals surface area (Å²) in [5.74, 6) is -0.975. The highest BCUT2D eigenvalue weighted by atomic mass is 16.4. The Morgan fingerprint density at radius 1 is 1.24 bits per heavy atom. The van der Waals surface area contributed by atoms with E-state index in [2.05, 4.69) is 18.0 Å². The predicted molar refractivity (Wildman–Crippen MR) is 83.0 cm³/mol. The Morgan fingerprint density at radius 2 is 1.95 bits per heavy atom. The number of aryl methyl sites for hydroxylation is 1. The third-order valence-corrected chi connectivity index (χ3v) is 3.38. The van der Waals surface area contributed by atoms with Crippen molar-refractivity contribution in [2.24, 2.45) is 5.73 Å². The fourth-order valence-corrected chi connectivity index (χ4v) is 2.23. The minimum Gasteiger partial charge on any atom is -0.480 e. The van der Waals surface area contributed by atoms with Gasteiger partial charge < -0.3 is 10.8 Å². The molecule has 1 aromatic carbocycles. The average molecular weight is 284 g/mol. The second kappa shape index (κ2) is 6.99. The smallest absolute Gasteiger partial charge is 0.320 e. The highest BCUT2D eigenvalue weighted by Crippen LogP contribution is 2.21. The van der Waals surface area contributed by atoms with Gasteiger partial charge in [0.15, 0.2) is 0 Å². The first kappa shape index (κ1) is 15.2. The van der Waals surface area contributed by atoms with Crippen molar-refractivity contribution in [2.75, 3.05) is 0 Å². The summed E-state index contributed by atoms with van der Waals surface area (Å²) in [4.78, 5) is 15.1. The Labute approximate surface area is 124 Å². The predicted octanol–water partition coefficient (Wildman–Crippen LogP) is 2.66. The Morgan fingerprint density at radius 3 is 2.57 bits per heavy atom. The van der Waals surface area contributed by atoms with Crippen molar-refractivity contribution in [2.45, 2.75) is 32.2 Å². The van der Waals surface area contributed by atoms with Crippen LogP contribution < -0.4 is 5.73 Å². The first-order valence-electron chi connectivity index (χ1n) is 7.12. The first-order chi connectivity index (χ1) is 10.1. The quantitative estimate of drug-likeness (QED) is 0.855. The summed E-state index contributed by atoms with van der Waals surface area (Å²) in [5.41, 5.74) is 9.79. The van der Waals surface area contributed by atoms with Gasteiger partial charge in [0.05, 0.1) is 0 Å². The number of hydrogen-bond donors (Lipinski definition) is 2. The van der Waals surface area contributed by atoms with Crippen LogP contribution in [0, 0.1) is 0 Å². The van der Waals surface area contributed by atoms with Gasteiger partial charge in [0.2, 0.25) is 0 Å². The molecule has 1 atom stereocenters. The molecule has 0 fully saturated rings. The number of benzene rings is 1. The van der Waals surface area contributed by atoms with Crippen LogP contribution in [-0.4, -0.2) is 22.1 Å². The van der Waals surface area contributed by atoms with Crippen LogP contribution in [0.15, 0.2) is 42.6 Å². The molecule has 0 aliphatic carbocycles. The van der Waals surface area contributed by atoms with E-state index in [-0.39, 0.29) is 0 Å². The van der Waals surface area contributed by atoms with Crippen LogP contribution >= 0.6 is 0 Å². The van der Waals surface area contributed by atoms with Crippen LogP contribution in [0.5, 0.6) is 0 Å². The van der Waals surface area contributed by atoms with Crippen LogP contribution in [0.25, 0.3) is 11.1 Å². The number of pyridine rings is 1. The highest BCUT2D eigenvalue weighted by molar-refractivity contribution is 5.73. The average Bonchev–Trinajstić information content (AvgIpc) is 2.48. The molecule has 1 aromatic heterocycles. The van der Waals surface area contributed by atoms with Crippen LogP contribution in [0.3, 0.4) is 0 Å². The lowest BCUT2D eigenvalue weighted by Crippen LogP contribution is -2.32. The largest absolute Gasteiger partial charge is 0.480 e. The third-order valence-electron chi connectivity index (χ3n) is 3.38. The van der Waals surface area contributed by atoms with Crippen molar-refractivity contribution in [1.82, 2.24) is 4.98 Å². The number of hydrogen-bond acceptors (Lipinski definition) is 3. The van der Waals surface area contributed by atoms with Crippen molar-refractivity contribution in [3.05, 3.63) is 53.9 Å². The molecule has 3 N–H and O–H groups in total. The van der Waals surface area contributed by atoms with Gasteiger partial charge in [0.25, 0.3) is 0 Å². The Kier molecular flexibility index (Phi) is 5.06. The summed E-state index contributed by atoms with van der Waals surface area (Å²) in [6, 6.07) is 11.1. The minimum atomic E-state index is -0.975. The zero-order valence-electron chi connectivity index (χ0n) is 12.1. The van der Waals surface area contributed by atoms with Gasteiger partial charge >= 0.3 is 5.97 Å². The van der Waals surface area contributed by atoms with E-state index >= 15 is 0 Å². The molecule has 0 aliphatic rings. The minimum absolute atomic E-state index is 0.340. The van der Waals surface area contributed by atoms with Crippen LogP contribution in [0.1, 0.15) is 24.6 Å². The van der Waals surface area contributed by atoms with Crippen molar-refractivity contribution < 1.29 is 9.90 Å². The van der Waals surface area contributed by atoms with E-state index in [1.165, 1.54) is 0 Å². The molecule has 0 amide bonds. The fourth-order valence-electron chi connectivity index (χ4n) is 2.23. The van der Waals surface area contributed by atoms with Crippen LogP contribution in [-0.2, 0) is 17.6 Å². The van der Waals surface area contributed by atoms with E-state index in [4.69, 9.17) is 10.8 Å². The second-order valence-electron chi connectivity index (χ2n) is 5.13. The second-order valence-corrected chi connectivity index (χ2v) is 5.13. The molecule has 0 saturated heterocycles. The molecule has 0 bridgehead atoms. The van der Waals surface area contributed by atoms with E-state index in [1.54, 1.807) is 0 Å². The summed E-state index contributed by atoms with van der Waals surface area (Å²) in [6.07, 6.45) is 4.21. The van der Waals surface area contributed by atoms with Gasteiger partial charge in [-0.1, -0.05) is 37.6 Å². The standard InChI is InChI=1S/C17H20N2O2/c1-2-3-15-11-14(8-9-19-15)13-6-4-12(5-7-13)10-16(18)17(20)21/h4-9,11,16H,2-3,10,18H2,1H3,(H,20,21)/t16-/m0/s1. The van der Waals surface area contributed by atoms with Crippen molar-refractivity contribution in [1.29, 1.82) is 0 Å². The molecule has 0 unspecified atom stereocenters. The van der Waals surface area contributed by atoms with E-state index in [1.807, 2.05) is 36.5 Å². The molecule has 0 saturated carbocycles. The molecule has 0 aliphatic heterocycles. The lowest BCUT2D eigenvalue weighted by atomic mass is 10.0. The lowest BCUT2D eigenvalue weighted by molar-refractivity contribution is -0.138. The molecule has 21 heavy (non-hydrogen) atoms. The maximum absolute atomic E-state index is 10.8. The van der Waals surface area contributed by atoms with Crippen LogP contribution in [0.4, 0.5) is 0 Å². The van der Waals surface area contributed by atoms with Gasteiger partial charge in [-0.3, -0.25) is 9.78 Å². The topological polar surface area (TPSA) is 76.2 Å². The number of aliphatic carboxylic acids is 1. The molecule has 4 nitrogen and oxygen atoms in total. The molecular weight excluding hydrogens is 264 g/mol. The summed E-state index contributed by atoms with van der Waals surface area (Å²) in [5, 5.41) is 8.83. The monoisotopic (exact) mass is 284 g/mol. The number of nitrogens with zero attached hydrogens (tertiary/aromatic N) is 1. The fraction of sp³-hybridized carbons (Fsp3) is 0.294. The number of carboxylic acids is 1. The lowest BCUT2D eigenvalue weighted by Gasteiger charge is -2.08. The number of aromatic nitrogens is 1. The van der Waals surface area contributed by atoms with Gasteiger partial charge in [0.1, 0.15) is 6.04 Å². The first-order valence-corrected chi connectivity index (χ1v) is 7.12. The molecule has 2 aromatic rings. The van der Waals surface area contributed by atoms with E-state index < -0.39 is 12.0 Å². The van der Waals surface area contributed by atoms with Gasteiger partial charge in [-0.2, -0.15) is 0 Å². The van der Waals surface area contributed by atoms with Crippen LogP contribution in [0.2, 0.25) is 0 Å². The Hall–Kier alpha value is -2.20. The van der Waals surface area contributed by atoms with E-state index in [0.29, 0.717) is 6.42 Å². The SMILES string of the molecule is CCCc1cc(-c2ccc(C[C@H](N)C(=O)O)cc2)ccn1. The molecule has 0 radical (unpaired) electrons. The van der Waals surface area contributed by atoms with Crippen molar-refractivity contribution in [3.63, 3.8) is 0 Å². The highest BCUT2D eigenvalue weighted by Gasteiger charge is 2.11. The van der Waals surface area contributed by atoms with Gasteiger partial charge in [-0.05, 0) is 41.7 Å². The number of rotatable bonds is 6. The summed E-state index contributed by atoms with van der Waals surface area (Å²) < 4.78 is 0. The maximum Gasteiger partial charge on any atom is 0.320 e. The summed E-state index contributed by atoms with van der Waals surface area (Å²) >= 11 is 0. The molecule has 0 spiro atoms. The summed E-state index contributed by atoms with van der Waals surface area (Å²) in [7, 11) is 0. The molecular formula is C17H20N2O2. The van der Waals surface area contributed by atoms with E-state index in [9.17, 15) is 4.79 Å². The zero-order valence-corrected chi connectivity index (χ0v) is 12.1. The normalized spacial score (nSPS) is 12.1. The number of carbonyl (C=O) groups is 1. The number of nitrogens with two attached hydrogens (primary N) is 1. The van der Waals surface area contributed by atoms with E-state index in [0.717, 1.165) is 35.2 Å². The summed E-state index contributed by atoms with van der Waals surface area (Å²) in [6.45, 7) is 2.13. The van der Waals surface area contributed by atoms with Crippen molar-refractivity contribution >= 4 is 5.97 Å². The Balaban J connectivity index is 2.15. The Bertz CT molecular complexity index is 608. The molecule has 4 heteroatoms. The molecule has 110 valence electrons. The molecule has 2 rings (SSSR count). The molecule has 1 heterocycles. The van der Waals surface area contributed by atoms with Gasteiger partial charge in [-0.15, -0.1) is 0 Å². The number of carboxylic acid groups (broad SMARTS) is 1. The zero-order chi connectivity index (χ0) is 15.2. The third kappa shape index (κ3) is 4.13. The van der Waals surface area contributed by atoms with Gasteiger partial charge in [-0.25, -0.2) is 0 Å². The maximum atomic E-state index is 10.8. The van der Waals surface area contributed by atoms with Gasteiger partial charge in [0, 0.05) is 11.9 Å².